The molecule has 104 valence electrons. The highest BCUT2D eigenvalue weighted by Gasteiger charge is 2.13. The fraction of sp³-hybridized carbons (Fsp3) is 0.462. The molecule has 0 fully saturated rings. The minimum atomic E-state index is 0.284. The minimum absolute atomic E-state index is 0.284. The molecule has 2 rings (SSSR count). The number of hydrogen-bond donors (Lipinski definition) is 2. The highest BCUT2D eigenvalue weighted by Crippen LogP contribution is 2.34. The van der Waals surface area contributed by atoms with E-state index < -0.39 is 0 Å². The topological polar surface area (TPSA) is 45.8 Å². The van der Waals surface area contributed by atoms with E-state index in [-0.39, 0.29) is 6.79 Å². The molecule has 0 spiro atoms. The Morgan fingerprint density at radius 2 is 2.11 bits per heavy atom. The third kappa shape index (κ3) is 4.25. The highest BCUT2D eigenvalue weighted by molar-refractivity contribution is 7.80. The summed E-state index contributed by atoms with van der Waals surface area (Å²) < 4.78 is 10.6. The van der Waals surface area contributed by atoms with Gasteiger partial charge in [-0.1, -0.05) is 0 Å². The third-order valence-corrected chi connectivity index (χ3v) is 2.94. The van der Waals surface area contributed by atoms with Gasteiger partial charge in [-0.3, -0.25) is 0 Å². The van der Waals surface area contributed by atoms with E-state index in [2.05, 4.69) is 29.6 Å². The maximum Gasteiger partial charge on any atom is 0.231 e. The SMILES string of the molecule is CN(C)CCCNC(=S)Nc1ccc2c(c1)OCO2. The first-order chi connectivity index (χ1) is 9.15. The second-order valence-electron chi connectivity index (χ2n) is 4.61. The van der Waals surface area contributed by atoms with Crippen molar-refractivity contribution in [3.05, 3.63) is 18.2 Å². The van der Waals surface area contributed by atoms with Gasteiger partial charge in [0.1, 0.15) is 0 Å². The van der Waals surface area contributed by atoms with E-state index in [0.29, 0.717) is 5.11 Å². The van der Waals surface area contributed by atoms with Gasteiger partial charge < -0.3 is 25.0 Å². The number of nitrogens with zero attached hydrogens (tertiary/aromatic N) is 1. The van der Waals surface area contributed by atoms with Gasteiger partial charge in [0, 0.05) is 18.3 Å². The Bertz CT molecular complexity index is 452. The van der Waals surface area contributed by atoms with Gasteiger partial charge in [-0.25, -0.2) is 0 Å². The summed E-state index contributed by atoms with van der Waals surface area (Å²) in [5.41, 5.74) is 0.898. The monoisotopic (exact) mass is 281 g/mol. The lowest BCUT2D eigenvalue weighted by Crippen LogP contribution is -2.30. The van der Waals surface area contributed by atoms with Gasteiger partial charge in [0.15, 0.2) is 16.6 Å². The lowest BCUT2D eigenvalue weighted by molar-refractivity contribution is 0.174. The summed E-state index contributed by atoms with van der Waals surface area (Å²) in [4.78, 5) is 2.15. The summed E-state index contributed by atoms with van der Waals surface area (Å²) in [5, 5.41) is 6.93. The molecule has 1 aliphatic rings. The molecule has 19 heavy (non-hydrogen) atoms. The Hall–Kier alpha value is -1.53. The largest absolute Gasteiger partial charge is 0.454 e. The number of hydrogen-bond acceptors (Lipinski definition) is 4. The van der Waals surface area contributed by atoms with E-state index in [1.807, 2.05) is 18.2 Å². The van der Waals surface area contributed by atoms with Crippen LogP contribution in [0.25, 0.3) is 0 Å². The summed E-state index contributed by atoms with van der Waals surface area (Å²) in [6, 6.07) is 5.68. The number of rotatable bonds is 5. The summed E-state index contributed by atoms with van der Waals surface area (Å²) in [6.07, 6.45) is 1.05. The molecule has 0 saturated carbocycles. The molecule has 0 bridgehead atoms. The summed E-state index contributed by atoms with van der Waals surface area (Å²) in [5.74, 6) is 1.52. The van der Waals surface area contributed by atoms with Crippen LogP contribution in [0.3, 0.4) is 0 Å². The van der Waals surface area contributed by atoms with E-state index >= 15 is 0 Å². The van der Waals surface area contributed by atoms with E-state index in [4.69, 9.17) is 21.7 Å². The number of benzene rings is 1. The van der Waals surface area contributed by atoms with Crippen molar-refractivity contribution in [2.75, 3.05) is 39.3 Å². The molecule has 0 aliphatic carbocycles. The van der Waals surface area contributed by atoms with Crippen molar-refractivity contribution in [1.29, 1.82) is 0 Å². The molecule has 0 amide bonds. The first-order valence-corrected chi connectivity index (χ1v) is 6.65. The summed E-state index contributed by atoms with van der Waals surface area (Å²) in [7, 11) is 4.12. The van der Waals surface area contributed by atoms with Crippen LogP contribution in [0.4, 0.5) is 5.69 Å². The van der Waals surface area contributed by atoms with Gasteiger partial charge in [-0.2, -0.15) is 0 Å². The zero-order valence-corrected chi connectivity index (χ0v) is 12.0. The molecule has 0 aromatic heterocycles. The quantitative estimate of drug-likeness (QED) is 0.632. The third-order valence-electron chi connectivity index (χ3n) is 2.70. The minimum Gasteiger partial charge on any atom is -0.454 e. The maximum atomic E-state index is 5.31. The molecule has 1 aromatic rings. The van der Waals surface area contributed by atoms with Gasteiger partial charge >= 0.3 is 0 Å². The van der Waals surface area contributed by atoms with E-state index in [9.17, 15) is 0 Å². The first-order valence-electron chi connectivity index (χ1n) is 6.24. The van der Waals surface area contributed by atoms with Gasteiger partial charge in [-0.05, 0) is 51.4 Å². The average Bonchev–Trinajstić information content (AvgIpc) is 2.82. The second-order valence-corrected chi connectivity index (χ2v) is 5.01. The Balaban J connectivity index is 1.76. The fourth-order valence-electron chi connectivity index (χ4n) is 1.75. The van der Waals surface area contributed by atoms with Crippen molar-refractivity contribution >= 4 is 23.0 Å². The molecule has 0 saturated heterocycles. The van der Waals surface area contributed by atoms with E-state index in [0.717, 1.165) is 36.7 Å². The van der Waals surface area contributed by atoms with Gasteiger partial charge in [-0.15, -0.1) is 0 Å². The second kappa shape index (κ2) is 6.58. The molecule has 1 aliphatic heterocycles. The maximum absolute atomic E-state index is 5.31. The Labute approximate surface area is 118 Å². The lowest BCUT2D eigenvalue weighted by Gasteiger charge is -2.12. The zero-order chi connectivity index (χ0) is 13.7. The predicted molar refractivity (Wildman–Crippen MR) is 80.0 cm³/mol. The zero-order valence-electron chi connectivity index (χ0n) is 11.2. The van der Waals surface area contributed by atoms with Gasteiger partial charge in [0.25, 0.3) is 0 Å². The Morgan fingerprint density at radius 3 is 2.89 bits per heavy atom. The van der Waals surface area contributed by atoms with E-state index in [1.54, 1.807) is 0 Å². The fourth-order valence-corrected chi connectivity index (χ4v) is 1.97. The molecular weight excluding hydrogens is 262 g/mol. The molecule has 0 atom stereocenters. The van der Waals surface area contributed by atoms with Crippen LogP contribution >= 0.6 is 12.2 Å². The molecule has 2 N–H and O–H groups in total. The number of ether oxygens (including phenoxy) is 2. The standard InChI is InChI=1S/C13H19N3O2S/c1-16(2)7-3-6-14-13(19)15-10-4-5-11-12(8-10)18-9-17-11/h4-5,8H,3,6-7,9H2,1-2H3,(H2,14,15,19). The molecule has 1 aromatic carbocycles. The summed E-state index contributed by atoms with van der Waals surface area (Å²) in [6.45, 7) is 2.18. The van der Waals surface area contributed by atoms with Crippen LogP contribution in [-0.2, 0) is 0 Å². The van der Waals surface area contributed by atoms with E-state index in [1.165, 1.54) is 0 Å². The normalized spacial score (nSPS) is 12.6. The lowest BCUT2D eigenvalue weighted by atomic mass is 10.3. The Kier molecular flexibility index (Phi) is 4.81. The Morgan fingerprint density at radius 1 is 1.32 bits per heavy atom. The van der Waals surface area contributed by atoms with Crippen molar-refractivity contribution in [1.82, 2.24) is 10.2 Å². The molecular formula is C13H19N3O2S. The van der Waals surface area contributed by atoms with Gasteiger partial charge in [0.05, 0.1) is 0 Å². The number of thiocarbonyl (C=S) groups is 1. The van der Waals surface area contributed by atoms with Gasteiger partial charge in [0.2, 0.25) is 6.79 Å². The average molecular weight is 281 g/mol. The smallest absolute Gasteiger partial charge is 0.231 e. The van der Waals surface area contributed by atoms with Crippen molar-refractivity contribution in [3.8, 4) is 11.5 Å². The van der Waals surface area contributed by atoms with Crippen LogP contribution in [0, 0.1) is 0 Å². The summed E-state index contributed by atoms with van der Waals surface area (Å²) >= 11 is 5.24. The number of fused-ring (bicyclic) bond motifs is 1. The molecule has 6 heteroatoms. The van der Waals surface area contributed by atoms with Crippen LogP contribution in [0.2, 0.25) is 0 Å². The van der Waals surface area contributed by atoms with Crippen molar-refractivity contribution in [3.63, 3.8) is 0 Å². The highest BCUT2D eigenvalue weighted by atomic mass is 32.1. The van der Waals surface area contributed by atoms with Crippen LogP contribution in [0.1, 0.15) is 6.42 Å². The molecule has 0 radical (unpaired) electrons. The number of nitrogens with one attached hydrogen (secondary N) is 2. The van der Waals surface area contributed by atoms with Crippen LogP contribution in [0.5, 0.6) is 11.5 Å². The first kappa shape index (κ1) is 13.9. The van der Waals surface area contributed by atoms with Crippen LogP contribution in [0.15, 0.2) is 18.2 Å². The predicted octanol–water partition coefficient (Wildman–Crippen LogP) is 1.65. The van der Waals surface area contributed by atoms with Crippen LogP contribution in [-0.4, -0.2) is 44.0 Å². The molecule has 5 nitrogen and oxygen atoms in total. The molecule has 0 unspecified atom stereocenters. The number of anilines is 1. The van der Waals surface area contributed by atoms with Crippen molar-refractivity contribution in [2.24, 2.45) is 0 Å². The van der Waals surface area contributed by atoms with Crippen molar-refractivity contribution < 1.29 is 9.47 Å². The van der Waals surface area contributed by atoms with Crippen molar-refractivity contribution in [2.45, 2.75) is 6.42 Å². The molecule has 1 heterocycles. The van der Waals surface area contributed by atoms with Crippen LogP contribution < -0.4 is 20.1 Å².